The quantitative estimate of drug-likeness (QED) is 0.343. The fraction of sp³-hybridized carbons (Fsp3) is 0.333. The van der Waals surface area contributed by atoms with Gasteiger partial charge in [0.2, 0.25) is 11.8 Å². The molecule has 0 fully saturated rings. The van der Waals surface area contributed by atoms with Gasteiger partial charge in [-0.15, -0.1) is 0 Å². The molecule has 0 spiro atoms. The molecule has 0 saturated heterocycles. The third-order valence-corrected chi connectivity index (χ3v) is 5.73. The minimum Gasteiger partial charge on any atom is -0.379 e. The molecule has 3 aromatic rings. The lowest BCUT2D eigenvalue weighted by atomic mass is 10.0. The van der Waals surface area contributed by atoms with Crippen molar-refractivity contribution in [3.05, 3.63) is 108 Å². The molecule has 5 nitrogen and oxygen atoms in total. The van der Waals surface area contributed by atoms with Gasteiger partial charge in [0, 0.05) is 26.1 Å². The second-order valence-electron chi connectivity index (χ2n) is 8.87. The largest absolute Gasteiger partial charge is 0.379 e. The van der Waals surface area contributed by atoms with Crippen LogP contribution in [0.25, 0.3) is 0 Å². The molecule has 0 aromatic heterocycles. The summed E-state index contributed by atoms with van der Waals surface area (Å²) in [7, 11) is 0. The molecular weight excluding hydrogens is 436 g/mol. The van der Waals surface area contributed by atoms with Gasteiger partial charge in [0.1, 0.15) is 6.04 Å². The summed E-state index contributed by atoms with van der Waals surface area (Å²) in [6.45, 7) is 5.42. The average molecular weight is 473 g/mol. The van der Waals surface area contributed by atoms with Crippen LogP contribution < -0.4 is 5.32 Å². The molecule has 0 aliphatic carbocycles. The van der Waals surface area contributed by atoms with Crippen LogP contribution in [0.15, 0.2) is 91.0 Å². The number of nitrogens with one attached hydrogen (secondary N) is 1. The van der Waals surface area contributed by atoms with Crippen molar-refractivity contribution in [3.63, 3.8) is 0 Å². The van der Waals surface area contributed by atoms with Gasteiger partial charge in [-0.05, 0) is 43.4 Å². The highest BCUT2D eigenvalue weighted by Gasteiger charge is 2.31. The molecule has 2 amide bonds. The zero-order valence-electron chi connectivity index (χ0n) is 20.7. The van der Waals surface area contributed by atoms with E-state index in [2.05, 4.69) is 5.32 Å². The number of carbonyl (C=O) groups excluding carboxylic acids is 2. The Morgan fingerprint density at radius 2 is 1.40 bits per heavy atom. The maximum atomic E-state index is 13.6. The summed E-state index contributed by atoms with van der Waals surface area (Å²) in [6, 6.07) is 28.6. The van der Waals surface area contributed by atoms with Crippen LogP contribution in [0.3, 0.4) is 0 Å². The van der Waals surface area contributed by atoms with E-state index in [-0.39, 0.29) is 17.9 Å². The molecule has 5 heteroatoms. The van der Waals surface area contributed by atoms with Crippen molar-refractivity contribution >= 4 is 11.8 Å². The highest BCUT2D eigenvalue weighted by Crippen LogP contribution is 2.25. The number of hydrogen-bond acceptors (Lipinski definition) is 3. The lowest BCUT2D eigenvalue weighted by molar-refractivity contribution is -0.141. The Morgan fingerprint density at radius 1 is 0.829 bits per heavy atom. The Kier molecular flexibility index (Phi) is 10.5. The third kappa shape index (κ3) is 8.69. The number of nitrogens with zero attached hydrogens (tertiary/aromatic N) is 1. The number of carbonyl (C=O) groups is 2. The predicted octanol–water partition coefficient (Wildman–Crippen LogP) is 5.32. The highest BCUT2D eigenvalue weighted by atomic mass is 16.5. The molecule has 0 heterocycles. The number of amides is 2. The second-order valence-corrected chi connectivity index (χ2v) is 8.87. The van der Waals surface area contributed by atoms with Gasteiger partial charge in [0.15, 0.2) is 0 Å². The van der Waals surface area contributed by atoms with E-state index in [1.165, 1.54) is 0 Å². The first kappa shape index (κ1) is 26.2. The van der Waals surface area contributed by atoms with Gasteiger partial charge in [-0.2, -0.15) is 0 Å². The van der Waals surface area contributed by atoms with Gasteiger partial charge in [0.05, 0.1) is 6.10 Å². The van der Waals surface area contributed by atoms with E-state index in [0.29, 0.717) is 39.0 Å². The van der Waals surface area contributed by atoms with Gasteiger partial charge in [-0.3, -0.25) is 9.59 Å². The molecule has 0 saturated carbocycles. The molecule has 0 aliphatic rings. The number of rotatable bonds is 13. The number of benzene rings is 3. The molecule has 0 aliphatic heterocycles. The highest BCUT2D eigenvalue weighted by molar-refractivity contribution is 5.88. The predicted molar refractivity (Wildman–Crippen MR) is 140 cm³/mol. The first-order chi connectivity index (χ1) is 17.0. The zero-order chi connectivity index (χ0) is 24.9. The lowest BCUT2D eigenvalue weighted by Gasteiger charge is -2.32. The van der Waals surface area contributed by atoms with Crippen LogP contribution in [-0.2, 0) is 27.3 Å². The molecule has 0 bridgehead atoms. The average Bonchev–Trinajstić information content (AvgIpc) is 2.88. The molecule has 1 atom stereocenters. The smallest absolute Gasteiger partial charge is 0.247 e. The van der Waals surface area contributed by atoms with Crippen molar-refractivity contribution in [1.82, 2.24) is 10.2 Å². The van der Waals surface area contributed by atoms with E-state index in [9.17, 15) is 9.59 Å². The van der Waals surface area contributed by atoms with E-state index < -0.39 is 6.04 Å². The maximum Gasteiger partial charge on any atom is 0.247 e. The first-order valence-electron chi connectivity index (χ1n) is 12.4. The molecule has 35 heavy (non-hydrogen) atoms. The molecule has 1 N–H and O–H groups in total. The fourth-order valence-corrected chi connectivity index (χ4v) is 3.95. The first-order valence-corrected chi connectivity index (χ1v) is 12.4. The van der Waals surface area contributed by atoms with Crippen LogP contribution in [0.4, 0.5) is 0 Å². The molecule has 0 unspecified atom stereocenters. The summed E-state index contributed by atoms with van der Waals surface area (Å²) in [5, 5.41) is 3.04. The van der Waals surface area contributed by atoms with E-state index in [1.54, 1.807) is 4.90 Å². The van der Waals surface area contributed by atoms with Gasteiger partial charge >= 0.3 is 0 Å². The van der Waals surface area contributed by atoms with E-state index >= 15 is 0 Å². The van der Waals surface area contributed by atoms with Crippen molar-refractivity contribution < 1.29 is 14.3 Å². The fourth-order valence-electron chi connectivity index (χ4n) is 3.95. The van der Waals surface area contributed by atoms with Crippen LogP contribution in [0.1, 0.15) is 49.4 Å². The van der Waals surface area contributed by atoms with E-state index in [1.807, 2.05) is 105 Å². The lowest BCUT2D eigenvalue weighted by Crippen LogP contribution is -2.43. The maximum absolute atomic E-state index is 13.6. The van der Waals surface area contributed by atoms with Crippen molar-refractivity contribution in [2.24, 2.45) is 0 Å². The number of ether oxygens (including phenoxy) is 1. The Balaban J connectivity index is 1.81. The Hall–Kier alpha value is -3.44. The van der Waals surface area contributed by atoms with Gasteiger partial charge < -0.3 is 15.0 Å². The van der Waals surface area contributed by atoms with Gasteiger partial charge in [-0.1, -0.05) is 91.0 Å². The Bertz CT molecular complexity index is 1020. The second kappa shape index (κ2) is 14.1. The van der Waals surface area contributed by atoms with E-state index in [0.717, 1.165) is 16.7 Å². The van der Waals surface area contributed by atoms with Gasteiger partial charge in [-0.25, -0.2) is 0 Å². The summed E-state index contributed by atoms with van der Waals surface area (Å²) < 4.78 is 5.59. The SMILES string of the molecule is CC(C)OCCCNC(=O)[C@@H](c1ccccc1)N(Cc1ccccc1)C(=O)CCc1ccccc1. The van der Waals surface area contributed by atoms with Crippen LogP contribution >= 0.6 is 0 Å². The topological polar surface area (TPSA) is 58.6 Å². The van der Waals surface area contributed by atoms with Crippen LogP contribution in [-0.4, -0.2) is 36.0 Å². The van der Waals surface area contributed by atoms with Crippen LogP contribution in [0.5, 0.6) is 0 Å². The normalized spacial score (nSPS) is 11.7. The number of aryl methyl sites for hydroxylation is 1. The molecular formula is C30H36N2O3. The molecule has 3 rings (SSSR count). The third-order valence-electron chi connectivity index (χ3n) is 5.73. The standard InChI is InChI=1S/C30H36N2O3/c1-24(2)35-22-12-21-31-30(34)29(27-17-10-5-11-18-27)32(23-26-15-8-4-9-16-26)28(33)20-19-25-13-6-3-7-14-25/h3-11,13-18,24,29H,12,19-23H2,1-2H3,(H,31,34)/t29-/m1/s1. The van der Waals surface area contributed by atoms with Crippen LogP contribution in [0.2, 0.25) is 0 Å². The van der Waals surface area contributed by atoms with Crippen molar-refractivity contribution in [2.45, 2.75) is 51.8 Å². The monoisotopic (exact) mass is 472 g/mol. The number of hydrogen-bond donors (Lipinski definition) is 1. The Morgan fingerprint density at radius 3 is 2.00 bits per heavy atom. The van der Waals surface area contributed by atoms with Gasteiger partial charge in [0.25, 0.3) is 0 Å². The molecule has 0 radical (unpaired) electrons. The summed E-state index contributed by atoms with van der Waals surface area (Å²) in [4.78, 5) is 28.8. The van der Waals surface area contributed by atoms with Crippen molar-refractivity contribution in [3.8, 4) is 0 Å². The molecule has 3 aromatic carbocycles. The van der Waals surface area contributed by atoms with Crippen LogP contribution in [0, 0.1) is 0 Å². The summed E-state index contributed by atoms with van der Waals surface area (Å²) in [5.74, 6) is -0.227. The summed E-state index contributed by atoms with van der Waals surface area (Å²) in [5.41, 5.74) is 2.89. The van der Waals surface area contributed by atoms with Crippen molar-refractivity contribution in [2.75, 3.05) is 13.2 Å². The minimum atomic E-state index is -0.717. The van der Waals surface area contributed by atoms with Crippen molar-refractivity contribution in [1.29, 1.82) is 0 Å². The zero-order valence-corrected chi connectivity index (χ0v) is 20.7. The summed E-state index contributed by atoms with van der Waals surface area (Å²) in [6.07, 6.45) is 1.83. The molecule has 184 valence electrons. The minimum absolute atomic E-state index is 0.0511. The Labute approximate surface area is 209 Å². The van der Waals surface area contributed by atoms with E-state index in [4.69, 9.17) is 4.74 Å². The summed E-state index contributed by atoms with van der Waals surface area (Å²) >= 11 is 0.